The molecule has 3 aromatic rings. The lowest BCUT2D eigenvalue weighted by Gasteiger charge is -2.36. The highest BCUT2D eigenvalue weighted by molar-refractivity contribution is 7.99. The van der Waals surface area contributed by atoms with Crippen LogP contribution in [0.15, 0.2) is 83.8 Å². The monoisotopic (exact) mass is 563 g/mol. The summed E-state index contributed by atoms with van der Waals surface area (Å²) in [5.74, 6) is -0.0342. The van der Waals surface area contributed by atoms with Crippen LogP contribution in [-0.4, -0.2) is 33.9 Å². The van der Waals surface area contributed by atoms with Crippen molar-refractivity contribution in [3.63, 3.8) is 0 Å². The SMILES string of the molecule is O=C(O)CCCCCC(=O)NCc1ccc([C@H]2O[C@@H](CSc3ccccc3)C[C@@H](c3ccc(CO)cc3)O2)cc1. The highest BCUT2D eigenvalue weighted by atomic mass is 32.2. The number of aliphatic hydroxyl groups is 1. The normalized spacial score (nSPS) is 18.8. The van der Waals surface area contributed by atoms with Gasteiger partial charge in [-0.2, -0.15) is 0 Å². The quantitative estimate of drug-likeness (QED) is 0.159. The highest BCUT2D eigenvalue weighted by Gasteiger charge is 2.32. The molecule has 0 aromatic heterocycles. The molecular formula is C32H37NO6S. The smallest absolute Gasteiger partial charge is 0.303 e. The van der Waals surface area contributed by atoms with E-state index in [4.69, 9.17) is 14.6 Å². The van der Waals surface area contributed by atoms with Crippen molar-refractivity contribution in [1.82, 2.24) is 5.32 Å². The molecule has 0 radical (unpaired) electrons. The zero-order chi connectivity index (χ0) is 28.2. The van der Waals surface area contributed by atoms with Crippen molar-refractivity contribution < 1.29 is 29.3 Å². The maximum Gasteiger partial charge on any atom is 0.303 e. The number of aliphatic carboxylic acids is 1. The second-order valence-corrected chi connectivity index (χ2v) is 11.0. The molecule has 3 aromatic carbocycles. The van der Waals surface area contributed by atoms with E-state index in [2.05, 4.69) is 17.4 Å². The van der Waals surface area contributed by atoms with E-state index in [0.717, 1.165) is 40.8 Å². The number of aliphatic hydroxyl groups excluding tert-OH is 1. The van der Waals surface area contributed by atoms with Gasteiger partial charge in [-0.3, -0.25) is 9.59 Å². The average Bonchev–Trinajstić information content (AvgIpc) is 2.99. The summed E-state index contributed by atoms with van der Waals surface area (Å²) in [6.07, 6.45) is 2.60. The van der Waals surface area contributed by atoms with Gasteiger partial charge in [0.2, 0.25) is 5.91 Å². The lowest BCUT2D eigenvalue weighted by Crippen LogP contribution is -2.31. The third kappa shape index (κ3) is 9.48. The number of carbonyl (C=O) groups excluding carboxylic acids is 1. The number of thioether (sulfide) groups is 1. The first-order valence-electron chi connectivity index (χ1n) is 13.8. The van der Waals surface area contributed by atoms with E-state index in [1.165, 1.54) is 4.90 Å². The third-order valence-corrected chi connectivity index (χ3v) is 7.97. The predicted molar refractivity (Wildman–Crippen MR) is 155 cm³/mol. The minimum atomic E-state index is -0.800. The number of carboxylic acids is 1. The molecule has 212 valence electrons. The van der Waals surface area contributed by atoms with E-state index in [-0.39, 0.29) is 31.1 Å². The van der Waals surface area contributed by atoms with E-state index < -0.39 is 12.3 Å². The maximum atomic E-state index is 12.2. The Morgan fingerprint density at radius 2 is 1.50 bits per heavy atom. The molecule has 1 saturated heterocycles. The Bertz CT molecular complexity index is 1200. The van der Waals surface area contributed by atoms with Gasteiger partial charge in [-0.1, -0.05) is 73.2 Å². The van der Waals surface area contributed by atoms with Crippen molar-refractivity contribution >= 4 is 23.6 Å². The Hall–Kier alpha value is -3.17. The molecule has 0 saturated carbocycles. The van der Waals surface area contributed by atoms with E-state index in [9.17, 15) is 14.7 Å². The molecule has 4 rings (SSSR count). The molecule has 7 nitrogen and oxygen atoms in total. The van der Waals surface area contributed by atoms with Crippen molar-refractivity contribution in [2.24, 2.45) is 0 Å². The topological polar surface area (TPSA) is 105 Å². The van der Waals surface area contributed by atoms with Gasteiger partial charge in [-0.05, 0) is 41.7 Å². The molecule has 1 fully saturated rings. The zero-order valence-electron chi connectivity index (χ0n) is 22.5. The number of benzene rings is 3. The Kier molecular flexibility index (Phi) is 11.6. The maximum absolute atomic E-state index is 12.2. The van der Waals surface area contributed by atoms with Gasteiger partial charge in [0, 0.05) is 42.0 Å². The van der Waals surface area contributed by atoms with Gasteiger partial charge in [-0.15, -0.1) is 11.8 Å². The van der Waals surface area contributed by atoms with Crippen LogP contribution in [0, 0.1) is 0 Å². The van der Waals surface area contributed by atoms with Gasteiger partial charge < -0.3 is 25.0 Å². The van der Waals surface area contributed by atoms with Crippen molar-refractivity contribution in [1.29, 1.82) is 0 Å². The molecule has 0 bridgehead atoms. The Balaban J connectivity index is 1.34. The highest BCUT2D eigenvalue weighted by Crippen LogP contribution is 2.39. The van der Waals surface area contributed by atoms with E-state index >= 15 is 0 Å². The van der Waals surface area contributed by atoms with Crippen molar-refractivity contribution in [2.45, 2.75) is 75.1 Å². The Morgan fingerprint density at radius 3 is 2.20 bits per heavy atom. The lowest BCUT2D eigenvalue weighted by molar-refractivity contribution is -0.245. The molecule has 0 unspecified atom stereocenters. The standard InChI is InChI=1S/C32H37NO6S/c34-21-24-13-15-25(16-14-24)29-19-27(22-40-28-7-3-1-4-8-28)38-32(39-29)26-17-11-23(12-18-26)20-33-30(35)9-5-2-6-10-31(36)37/h1,3-4,7-8,11-18,27,29,32,34H,2,5-6,9-10,19-22H2,(H,33,35)(H,36,37)/t27-,29+,32+/m1/s1. The molecule has 1 heterocycles. The summed E-state index contributed by atoms with van der Waals surface area (Å²) in [7, 11) is 0. The summed E-state index contributed by atoms with van der Waals surface area (Å²) < 4.78 is 12.8. The first-order chi connectivity index (χ1) is 19.5. The van der Waals surface area contributed by atoms with Crippen molar-refractivity contribution in [3.8, 4) is 0 Å². The molecule has 1 aliphatic rings. The van der Waals surface area contributed by atoms with Crippen LogP contribution in [-0.2, 0) is 32.2 Å². The molecule has 40 heavy (non-hydrogen) atoms. The first kappa shape index (κ1) is 29.8. The number of rotatable bonds is 14. The fourth-order valence-electron chi connectivity index (χ4n) is 4.55. The first-order valence-corrected chi connectivity index (χ1v) is 14.7. The van der Waals surface area contributed by atoms with Crippen LogP contribution >= 0.6 is 11.8 Å². The largest absolute Gasteiger partial charge is 0.481 e. The van der Waals surface area contributed by atoms with Crippen molar-refractivity contribution in [3.05, 3.63) is 101 Å². The van der Waals surface area contributed by atoms with Crippen LogP contribution < -0.4 is 5.32 Å². The molecule has 0 spiro atoms. The summed E-state index contributed by atoms with van der Waals surface area (Å²) in [6, 6.07) is 26.1. The summed E-state index contributed by atoms with van der Waals surface area (Å²) in [5.41, 5.74) is 3.82. The van der Waals surface area contributed by atoms with Crippen LogP contribution in [0.1, 0.15) is 73.2 Å². The van der Waals surface area contributed by atoms with E-state index in [0.29, 0.717) is 25.8 Å². The molecule has 8 heteroatoms. The minimum Gasteiger partial charge on any atom is -0.481 e. The molecular weight excluding hydrogens is 526 g/mol. The molecule has 3 N–H and O–H groups in total. The van der Waals surface area contributed by atoms with Crippen molar-refractivity contribution in [2.75, 3.05) is 5.75 Å². The fraction of sp³-hybridized carbons (Fsp3) is 0.375. The van der Waals surface area contributed by atoms with Gasteiger partial charge in [0.05, 0.1) is 18.8 Å². The number of amides is 1. The Labute approximate surface area is 239 Å². The van der Waals surface area contributed by atoms with Crippen LogP contribution in [0.5, 0.6) is 0 Å². The summed E-state index contributed by atoms with van der Waals surface area (Å²) >= 11 is 1.77. The predicted octanol–water partition coefficient (Wildman–Crippen LogP) is 6.17. The fourth-order valence-corrected chi connectivity index (χ4v) is 5.49. The molecule has 1 amide bonds. The number of hydrogen-bond acceptors (Lipinski definition) is 6. The third-order valence-electron chi connectivity index (χ3n) is 6.83. The van der Waals surface area contributed by atoms with Crippen LogP contribution in [0.3, 0.4) is 0 Å². The number of hydrogen-bond donors (Lipinski definition) is 3. The molecule has 1 aliphatic heterocycles. The molecule has 3 atom stereocenters. The number of carboxylic acid groups (broad SMARTS) is 1. The van der Waals surface area contributed by atoms with Gasteiger partial charge in [0.1, 0.15) is 0 Å². The number of nitrogens with one attached hydrogen (secondary N) is 1. The number of unbranched alkanes of at least 4 members (excludes halogenated alkanes) is 2. The number of ether oxygens (including phenoxy) is 2. The average molecular weight is 564 g/mol. The zero-order valence-corrected chi connectivity index (χ0v) is 23.4. The molecule has 0 aliphatic carbocycles. The van der Waals surface area contributed by atoms with Gasteiger partial charge >= 0.3 is 5.97 Å². The summed E-state index contributed by atoms with van der Waals surface area (Å²) in [4.78, 5) is 23.9. The van der Waals surface area contributed by atoms with E-state index in [1.54, 1.807) is 11.8 Å². The summed E-state index contributed by atoms with van der Waals surface area (Å²) in [5, 5.41) is 21.1. The van der Waals surface area contributed by atoms with Gasteiger partial charge in [0.15, 0.2) is 6.29 Å². The Morgan fingerprint density at radius 1 is 0.825 bits per heavy atom. The second-order valence-electron chi connectivity index (χ2n) is 9.95. The second kappa shape index (κ2) is 15.6. The van der Waals surface area contributed by atoms with Crippen LogP contribution in [0.4, 0.5) is 0 Å². The van der Waals surface area contributed by atoms with E-state index in [1.807, 2.05) is 66.7 Å². The lowest BCUT2D eigenvalue weighted by atomic mass is 10.0. The summed E-state index contributed by atoms with van der Waals surface area (Å²) in [6.45, 7) is 0.435. The number of carbonyl (C=O) groups is 2. The van der Waals surface area contributed by atoms with Gasteiger partial charge in [0.25, 0.3) is 0 Å². The minimum absolute atomic E-state index is 0.00742. The van der Waals surface area contributed by atoms with Gasteiger partial charge in [-0.25, -0.2) is 0 Å². The van der Waals surface area contributed by atoms with Crippen LogP contribution in [0.25, 0.3) is 0 Å². The van der Waals surface area contributed by atoms with Crippen LogP contribution in [0.2, 0.25) is 0 Å².